The second-order valence-electron chi connectivity index (χ2n) is 8.44. The van der Waals surface area contributed by atoms with Crippen LogP contribution in [-0.2, 0) is 29.8 Å². The van der Waals surface area contributed by atoms with Crippen molar-refractivity contribution in [1.82, 2.24) is 14.9 Å². The predicted octanol–water partition coefficient (Wildman–Crippen LogP) is 3.23. The number of imidazole rings is 1. The quantitative estimate of drug-likeness (QED) is 0.332. The number of hydrogen-bond donors (Lipinski definition) is 3. The van der Waals surface area contributed by atoms with Gasteiger partial charge >= 0.3 is 0 Å². The number of hydrogen-bond acceptors (Lipinski definition) is 5. The predicted molar refractivity (Wildman–Crippen MR) is 126 cm³/mol. The number of carbonyl (C=O) groups excluding carboxylic acids is 1. The van der Waals surface area contributed by atoms with Gasteiger partial charge in [0.25, 0.3) is 5.91 Å². The fourth-order valence-corrected chi connectivity index (χ4v) is 3.43. The molecule has 0 aliphatic heterocycles. The van der Waals surface area contributed by atoms with Crippen molar-refractivity contribution in [2.45, 2.75) is 39.0 Å². The summed E-state index contributed by atoms with van der Waals surface area (Å²) in [6, 6.07) is 14.2. The van der Waals surface area contributed by atoms with Crippen LogP contribution in [0.2, 0.25) is 0 Å². The van der Waals surface area contributed by atoms with E-state index in [1.54, 1.807) is 6.33 Å². The molecule has 1 heterocycles. The smallest absolute Gasteiger partial charge is 0.272 e. The molecule has 8 nitrogen and oxygen atoms in total. The Bertz CT molecular complexity index is 1240. The molecular formula is C25H27FN6O2. The first-order valence-electron chi connectivity index (χ1n) is 10.6. The standard InChI is InChI=1S/C25H27FN6O2/c1-25(2,14-27)19-8-4-16(5-9-19)12-32-15-31-22(21(32)13-34-3)24(33)30-11-18-7-6-17(23(28)29)10-20(18)26/h4-10,15H,11-13H2,1-3H3,(H3,28,29)(H,30,33). The summed E-state index contributed by atoms with van der Waals surface area (Å²) >= 11 is 0. The molecule has 0 spiro atoms. The molecule has 34 heavy (non-hydrogen) atoms. The largest absolute Gasteiger partial charge is 0.384 e. The number of amidine groups is 1. The summed E-state index contributed by atoms with van der Waals surface area (Å²) in [7, 11) is 1.53. The Kier molecular flexibility index (Phi) is 7.44. The summed E-state index contributed by atoms with van der Waals surface area (Å²) in [5, 5.41) is 19.4. The summed E-state index contributed by atoms with van der Waals surface area (Å²) in [5.74, 6) is -1.24. The lowest BCUT2D eigenvalue weighted by molar-refractivity contribution is 0.0940. The van der Waals surface area contributed by atoms with Gasteiger partial charge in [0.15, 0.2) is 5.69 Å². The molecule has 0 bridgehead atoms. The molecule has 0 aliphatic rings. The number of nitrogens with one attached hydrogen (secondary N) is 2. The van der Waals surface area contributed by atoms with Crippen LogP contribution in [0.25, 0.3) is 0 Å². The normalized spacial score (nSPS) is 11.1. The number of benzene rings is 2. The van der Waals surface area contributed by atoms with Crippen molar-refractivity contribution < 1.29 is 13.9 Å². The maximum atomic E-state index is 14.3. The lowest BCUT2D eigenvalue weighted by Crippen LogP contribution is -2.25. The summed E-state index contributed by atoms with van der Waals surface area (Å²) in [6.07, 6.45) is 1.57. The van der Waals surface area contributed by atoms with Crippen LogP contribution in [0, 0.1) is 22.6 Å². The molecule has 0 unspecified atom stereocenters. The number of nitrogens with zero attached hydrogens (tertiary/aromatic N) is 3. The molecule has 0 atom stereocenters. The molecule has 0 saturated heterocycles. The number of aromatic nitrogens is 2. The number of carbonyl (C=O) groups is 1. The molecule has 0 fully saturated rings. The van der Waals surface area contributed by atoms with Gasteiger partial charge in [-0.2, -0.15) is 5.26 Å². The van der Waals surface area contributed by atoms with Crippen LogP contribution < -0.4 is 11.1 Å². The van der Waals surface area contributed by atoms with E-state index in [2.05, 4.69) is 16.4 Å². The summed E-state index contributed by atoms with van der Waals surface area (Å²) in [4.78, 5) is 17.1. The molecule has 176 valence electrons. The van der Waals surface area contributed by atoms with Gasteiger partial charge in [0, 0.05) is 31.3 Å². The van der Waals surface area contributed by atoms with Crippen LogP contribution in [-0.4, -0.2) is 28.4 Å². The SMILES string of the molecule is COCc1c(C(=O)NCc2ccc(C(=N)N)cc2F)ncn1Cc1ccc(C(C)(C)C#N)cc1. The number of ether oxygens (including phenoxy) is 1. The molecule has 0 saturated carbocycles. The number of rotatable bonds is 9. The second kappa shape index (κ2) is 10.3. The van der Waals surface area contributed by atoms with Crippen molar-refractivity contribution in [1.29, 1.82) is 10.7 Å². The zero-order valence-corrected chi connectivity index (χ0v) is 19.4. The van der Waals surface area contributed by atoms with E-state index in [1.807, 2.05) is 42.7 Å². The van der Waals surface area contributed by atoms with E-state index in [1.165, 1.54) is 19.2 Å². The third-order valence-corrected chi connectivity index (χ3v) is 5.55. The molecule has 9 heteroatoms. The van der Waals surface area contributed by atoms with Crippen molar-refractivity contribution in [3.8, 4) is 6.07 Å². The molecular weight excluding hydrogens is 435 g/mol. The van der Waals surface area contributed by atoms with E-state index in [4.69, 9.17) is 15.9 Å². The zero-order chi connectivity index (χ0) is 24.9. The summed E-state index contributed by atoms with van der Waals surface area (Å²) < 4.78 is 21.4. The third kappa shape index (κ3) is 5.47. The molecule has 1 aromatic heterocycles. The fourth-order valence-electron chi connectivity index (χ4n) is 3.43. The van der Waals surface area contributed by atoms with E-state index in [0.717, 1.165) is 17.2 Å². The van der Waals surface area contributed by atoms with Gasteiger partial charge in [0.05, 0.1) is 30.1 Å². The third-order valence-electron chi connectivity index (χ3n) is 5.55. The number of nitrogens with two attached hydrogens (primary N) is 1. The van der Waals surface area contributed by atoms with Gasteiger partial charge in [-0.25, -0.2) is 9.37 Å². The van der Waals surface area contributed by atoms with Crippen molar-refractivity contribution >= 4 is 11.7 Å². The first-order valence-corrected chi connectivity index (χ1v) is 10.6. The van der Waals surface area contributed by atoms with Crippen LogP contribution in [0.5, 0.6) is 0 Å². The van der Waals surface area contributed by atoms with E-state index >= 15 is 0 Å². The van der Waals surface area contributed by atoms with Crippen LogP contribution >= 0.6 is 0 Å². The summed E-state index contributed by atoms with van der Waals surface area (Å²) in [5.41, 5.74) is 8.04. The molecule has 2 aromatic carbocycles. The second-order valence-corrected chi connectivity index (χ2v) is 8.44. The van der Waals surface area contributed by atoms with Gasteiger partial charge < -0.3 is 20.4 Å². The first kappa shape index (κ1) is 24.6. The highest BCUT2D eigenvalue weighted by Crippen LogP contribution is 2.23. The zero-order valence-electron chi connectivity index (χ0n) is 19.4. The minimum atomic E-state index is -0.578. The minimum Gasteiger partial charge on any atom is -0.384 e. The molecule has 1 amide bonds. The highest BCUT2D eigenvalue weighted by atomic mass is 19.1. The van der Waals surface area contributed by atoms with Crippen LogP contribution in [0.15, 0.2) is 48.8 Å². The minimum absolute atomic E-state index is 0.0434. The Morgan fingerprint density at radius 1 is 1.29 bits per heavy atom. The number of nitriles is 1. The van der Waals surface area contributed by atoms with Crippen LogP contribution in [0.4, 0.5) is 4.39 Å². The van der Waals surface area contributed by atoms with E-state index in [0.29, 0.717) is 12.2 Å². The Hall–Kier alpha value is -4.03. The Morgan fingerprint density at radius 3 is 2.59 bits per heavy atom. The van der Waals surface area contributed by atoms with E-state index < -0.39 is 17.1 Å². The maximum absolute atomic E-state index is 14.3. The highest BCUT2D eigenvalue weighted by molar-refractivity contribution is 5.95. The van der Waals surface area contributed by atoms with Crippen molar-refractivity contribution in [2.75, 3.05) is 7.11 Å². The highest BCUT2D eigenvalue weighted by Gasteiger charge is 2.21. The number of amides is 1. The van der Waals surface area contributed by atoms with Gasteiger partial charge in [0.1, 0.15) is 11.7 Å². The van der Waals surface area contributed by atoms with E-state index in [-0.39, 0.29) is 35.8 Å². The van der Waals surface area contributed by atoms with E-state index in [9.17, 15) is 14.4 Å². The van der Waals surface area contributed by atoms with Gasteiger partial charge in [-0.3, -0.25) is 10.2 Å². The first-order chi connectivity index (χ1) is 16.2. The van der Waals surface area contributed by atoms with Crippen molar-refractivity contribution in [3.63, 3.8) is 0 Å². The molecule has 0 aliphatic carbocycles. The monoisotopic (exact) mass is 462 g/mol. The lowest BCUT2D eigenvalue weighted by Gasteiger charge is -2.16. The number of halogens is 1. The lowest BCUT2D eigenvalue weighted by atomic mass is 9.86. The fraction of sp³-hybridized carbons (Fsp3) is 0.280. The Balaban J connectivity index is 1.75. The van der Waals surface area contributed by atoms with Crippen LogP contribution in [0.3, 0.4) is 0 Å². The maximum Gasteiger partial charge on any atom is 0.272 e. The van der Waals surface area contributed by atoms with Crippen molar-refractivity contribution in [3.05, 3.63) is 88.3 Å². The van der Waals surface area contributed by atoms with Gasteiger partial charge in [-0.1, -0.05) is 36.4 Å². The Morgan fingerprint density at radius 2 is 2.00 bits per heavy atom. The summed E-state index contributed by atoms with van der Waals surface area (Å²) in [6.45, 7) is 4.32. The van der Waals surface area contributed by atoms with Gasteiger partial charge in [0.2, 0.25) is 0 Å². The number of nitrogen functional groups attached to an aromatic ring is 1. The average molecular weight is 463 g/mol. The average Bonchev–Trinajstić information content (AvgIpc) is 3.20. The topological polar surface area (TPSA) is 130 Å². The Labute approximate surface area is 197 Å². The molecule has 3 aromatic rings. The number of methoxy groups -OCH3 is 1. The molecule has 0 radical (unpaired) electrons. The van der Waals surface area contributed by atoms with Crippen LogP contribution in [0.1, 0.15) is 52.3 Å². The van der Waals surface area contributed by atoms with Crippen molar-refractivity contribution in [2.24, 2.45) is 5.73 Å². The molecule has 4 N–H and O–H groups in total. The molecule has 3 rings (SSSR count). The van der Waals surface area contributed by atoms with Gasteiger partial charge in [-0.05, 0) is 31.0 Å². The van der Waals surface area contributed by atoms with Gasteiger partial charge in [-0.15, -0.1) is 0 Å².